The molecule has 70 valence electrons. The molecular formula is C8H21O2P. The van der Waals surface area contributed by atoms with Crippen LogP contribution in [-0.4, -0.2) is 37.7 Å². The maximum atomic E-state index is 9.60. The molecule has 0 atom stereocenters. The van der Waals surface area contributed by atoms with Crippen molar-refractivity contribution in [2.45, 2.75) is 19.8 Å². The number of hydrogen-bond donors (Lipinski definition) is 1. The van der Waals surface area contributed by atoms with Crippen molar-refractivity contribution in [1.29, 1.82) is 0 Å². The first-order chi connectivity index (χ1) is 4.77. The second-order valence-corrected chi connectivity index (χ2v) is 10.1. The van der Waals surface area contributed by atoms with Gasteiger partial charge in [-0.2, -0.15) is 0 Å². The molecule has 0 amide bonds. The molecule has 11 heavy (non-hydrogen) atoms. The van der Waals surface area contributed by atoms with Gasteiger partial charge < -0.3 is 5.11 Å². The molecule has 0 rings (SSSR count). The summed E-state index contributed by atoms with van der Waals surface area (Å²) < 4.78 is 0. The van der Waals surface area contributed by atoms with Gasteiger partial charge in [0, 0.05) is 6.42 Å². The Morgan fingerprint density at radius 3 is 1.55 bits per heavy atom. The van der Waals surface area contributed by atoms with E-state index in [1.54, 1.807) is 0 Å². The Hall–Kier alpha value is -0.100. The van der Waals surface area contributed by atoms with Crippen LogP contribution in [0, 0.1) is 0 Å². The minimum absolute atomic E-state index is 0.292. The first-order valence-electron chi connectivity index (χ1n) is 3.99. The van der Waals surface area contributed by atoms with Gasteiger partial charge in [-0.25, -0.2) is 0 Å². The van der Waals surface area contributed by atoms with Gasteiger partial charge in [0.05, 0.1) is 0 Å². The van der Waals surface area contributed by atoms with E-state index in [1.807, 2.05) is 6.92 Å². The zero-order valence-corrected chi connectivity index (χ0v) is 9.27. The number of carboxylic acids is 1. The topological polar surface area (TPSA) is 37.3 Å². The predicted octanol–water partition coefficient (Wildman–Crippen LogP) is 2.13. The van der Waals surface area contributed by atoms with E-state index in [-0.39, 0.29) is 0 Å². The Morgan fingerprint density at radius 1 is 1.27 bits per heavy atom. The third-order valence-electron chi connectivity index (χ3n) is 0.464. The number of hydrogen-bond acceptors (Lipinski definition) is 1. The summed E-state index contributed by atoms with van der Waals surface area (Å²) in [5.74, 6) is -0.711. The molecule has 0 spiro atoms. The number of carbonyl (C=O) groups is 1. The fraction of sp³-hybridized carbons (Fsp3) is 0.875. The van der Waals surface area contributed by atoms with Crippen LogP contribution in [0.4, 0.5) is 0 Å². The quantitative estimate of drug-likeness (QED) is 0.661. The Balaban J connectivity index is 0. The first kappa shape index (κ1) is 13.5. The van der Waals surface area contributed by atoms with Crippen LogP contribution >= 0.6 is 7.26 Å². The van der Waals surface area contributed by atoms with Gasteiger partial charge in [-0.15, -0.1) is 0 Å². The molecular weight excluding hydrogens is 159 g/mol. The minimum atomic E-state index is -0.711. The Kier molecular flexibility index (Phi) is 8.09. The van der Waals surface area contributed by atoms with Crippen LogP contribution < -0.4 is 0 Å². The molecule has 1 N–H and O–H groups in total. The van der Waals surface area contributed by atoms with Gasteiger partial charge in [-0.1, -0.05) is 6.92 Å². The molecule has 0 saturated heterocycles. The van der Waals surface area contributed by atoms with Crippen molar-refractivity contribution >= 4 is 13.2 Å². The summed E-state index contributed by atoms with van der Waals surface area (Å²) in [7, 11) is -0.611. The fourth-order valence-electron chi connectivity index (χ4n) is 0.214. The summed E-state index contributed by atoms with van der Waals surface area (Å²) in [6.07, 6.45) is 1.02. The Labute approximate surface area is 70.3 Å². The summed E-state index contributed by atoms with van der Waals surface area (Å²) in [4.78, 5) is 9.60. The molecule has 0 aliphatic rings. The molecule has 0 fully saturated rings. The van der Waals surface area contributed by atoms with E-state index in [2.05, 4.69) is 26.7 Å². The van der Waals surface area contributed by atoms with Crippen molar-refractivity contribution < 1.29 is 9.90 Å². The molecule has 0 aromatic heterocycles. The molecule has 0 aliphatic heterocycles. The number of carboxylic acid groups (broad SMARTS) is 1. The maximum absolute atomic E-state index is 9.60. The van der Waals surface area contributed by atoms with Gasteiger partial charge in [0.2, 0.25) is 0 Å². The van der Waals surface area contributed by atoms with Crippen LogP contribution in [0.25, 0.3) is 0 Å². The molecule has 0 unspecified atom stereocenters. The van der Waals surface area contributed by atoms with Gasteiger partial charge in [-0.3, -0.25) is 4.79 Å². The molecule has 0 aromatic rings. The van der Waals surface area contributed by atoms with E-state index in [9.17, 15) is 4.79 Å². The van der Waals surface area contributed by atoms with Crippen molar-refractivity contribution in [3.63, 3.8) is 0 Å². The summed E-state index contributed by atoms with van der Waals surface area (Å²) in [6, 6.07) is 0. The zero-order chi connectivity index (χ0) is 9.49. The van der Waals surface area contributed by atoms with Crippen LogP contribution in [0.2, 0.25) is 0 Å². The van der Waals surface area contributed by atoms with E-state index in [0.717, 1.165) is 6.42 Å². The Morgan fingerprint density at radius 2 is 1.55 bits per heavy atom. The van der Waals surface area contributed by atoms with Crippen molar-refractivity contribution in [3.8, 4) is 0 Å². The standard InChI is InChI=1S/C4H8O2.C4H13P/c1-2-3-4(5)6;1-5(2,3)4/h2-3H2,1H3,(H,5,6);5H,1-4H3. The van der Waals surface area contributed by atoms with E-state index in [0.29, 0.717) is 6.42 Å². The summed E-state index contributed by atoms with van der Waals surface area (Å²) in [6.45, 7) is 11.1. The SMILES string of the molecule is CCCC(=O)O.C[PH](C)(C)C. The zero-order valence-electron chi connectivity index (χ0n) is 8.27. The summed E-state index contributed by atoms with van der Waals surface area (Å²) in [5.41, 5.74) is 0. The van der Waals surface area contributed by atoms with Crippen LogP contribution in [0.3, 0.4) is 0 Å². The average molecular weight is 180 g/mol. The summed E-state index contributed by atoms with van der Waals surface area (Å²) >= 11 is 0. The fourth-order valence-corrected chi connectivity index (χ4v) is 0.214. The van der Waals surface area contributed by atoms with Gasteiger partial charge in [-0.05, 0) is 6.42 Å². The number of aliphatic carboxylic acids is 1. The molecule has 2 nitrogen and oxygen atoms in total. The predicted molar refractivity (Wildman–Crippen MR) is 54.6 cm³/mol. The summed E-state index contributed by atoms with van der Waals surface area (Å²) in [5, 5.41) is 7.91. The molecule has 0 aromatic carbocycles. The monoisotopic (exact) mass is 180 g/mol. The van der Waals surface area contributed by atoms with Gasteiger partial charge in [0.15, 0.2) is 0 Å². The van der Waals surface area contributed by atoms with E-state index in [4.69, 9.17) is 5.11 Å². The molecule has 0 saturated carbocycles. The van der Waals surface area contributed by atoms with E-state index in [1.165, 1.54) is 0 Å². The molecule has 0 bridgehead atoms. The van der Waals surface area contributed by atoms with Crippen molar-refractivity contribution in [2.75, 3.05) is 26.7 Å². The van der Waals surface area contributed by atoms with Gasteiger partial charge in [0.1, 0.15) is 0 Å². The normalized spacial score (nSPS) is 11.4. The molecule has 0 radical (unpaired) electrons. The van der Waals surface area contributed by atoms with Crippen LogP contribution in [0.15, 0.2) is 0 Å². The third-order valence-corrected chi connectivity index (χ3v) is 0.464. The molecule has 0 heterocycles. The average Bonchev–Trinajstić information content (AvgIpc) is 1.58. The van der Waals surface area contributed by atoms with Crippen molar-refractivity contribution in [2.24, 2.45) is 0 Å². The molecule has 3 heteroatoms. The molecule has 0 aliphatic carbocycles. The van der Waals surface area contributed by atoms with Crippen LogP contribution in [0.1, 0.15) is 19.8 Å². The number of rotatable bonds is 2. The van der Waals surface area contributed by atoms with Crippen molar-refractivity contribution in [1.82, 2.24) is 0 Å². The van der Waals surface area contributed by atoms with Crippen LogP contribution in [-0.2, 0) is 4.79 Å². The first-order valence-corrected chi connectivity index (χ1v) is 7.99. The second-order valence-electron chi connectivity index (χ2n) is 4.14. The Bertz CT molecular complexity index is 99.1. The van der Waals surface area contributed by atoms with E-state index >= 15 is 0 Å². The van der Waals surface area contributed by atoms with E-state index < -0.39 is 13.2 Å². The van der Waals surface area contributed by atoms with Crippen molar-refractivity contribution in [3.05, 3.63) is 0 Å². The van der Waals surface area contributed by atoms with Gasteiger partial charge in [0.25, 0.3) is 0 Å². The second kappa shape index (κ2) is 6.60. The van der Waals surface area contributed by atoms with Gasteiger partial charge >= 0.3 is 39.9 Å². The van der Waals surface area contributed by atoms with Crippen LogP contribution in [0.5, 0.6) is 0 Å². The third kappa shape index (κ3) is 73.5.